The van der Waals surface area contributed by atoms with E-state index in [9.17, 15) is 4.79 Å². The Hall–Kier alpha value is -3.05. The first-order valence-corrected chi connectivity index (χ1v) is 10.6. The molecule has 148 valence electrons. The predicted octanol–water partition coefficient (Wildman–Crippen LogP) is 4.96. The molecule has 1 N–H and O–H groups in total. The molecular formula is C24H24N2O2S. The van der Waals surface area contributed by atoms with Crippen molar-refractivity contribution in [3.63, 3.8) is 0 Å². The lowest BCUT2D eigenvalue weighted by molar-refractivity contribution is -0.118. The predicted molar refractivity (Wildman–Crippen MR) is 120 cm³/mol. The minimum absolute atomic E-state index is 0.110. The maximum atomic E-state index is 11.9. The summed E-state index contributed by atoms with van der Waals surface area (Å²) in [5.41, 5.74) is 7.04. The molecule has 0 radical (unpaired) electrons. The van der Waals surface area contributed by atoms with E-state index in [0.29, 0.717) is 12.4 Å². The van der Waals surface area contributed by atoms with Crippen molar-refractivity contribution in [1.82, 2.24) is 5.43 Å². The van der Waals surface area contributed by atoms with Gasteiger partial charge < -0.3 is 4.74 Å². The topological polar surface area (TPSA) is 50.7 Å². The molecule has 0 bridgehead atoms. The van der Waals surface area contributed by atoms with Gasteiger partial charge in [-0.05, 0) is 47.9 Å². The average Bonchev–Trinajstić information content (AvgIpc) is 2.75. The molecule has 29 heavy (non-hydrogen) atoms. The van der Waals surface area contributed by atoms with Gasteiger partial charge in [-0.3, -0.25) is 4.79 Å². The third-order valence-electron chi connectivity index (χ3n) is 4.15. The van der Waals surface area contributed by atoms with Crippen LogP contribution in [-0.2, 0) is 17.2 Å². The highest BCUT2D eigenvalue weighted by atomic mass is 32.2. The summed E-state index contributed by atoms with van der Waals surface area (Å²) in [5.74, 6) is 1.86. The summed E-state index contributed by atoms with van der Waals surface area (Å²) in [6.07, 6.45) is 1.63. The number of carbonyl (C=O) groups is 1. The van der Waals surface area contributed by atoms with Gasteiger partial charge in [0.1, 0.15) is 12.4 Å². The number of nitrogens with one attached hydrogen (secondary N) is 1. The molecular weight excluding hydrogens is 380 g/mol. The molecule has 0 spiro atoms. The number of hydrogen-bond donors (Lipinski definition) is 1. The molecule has 0 aromatic heterocycles. The van der Waals surface area contributed by atoms with Gasteiger partial charge in [-0.25, -0.2) is 5.43 Å². The van der Waals surface area contributed by atoms with E-state index in [2.05, 4.69) is 41.7 Å². The van der Waals surface area contributed by atoms with Crippen LogP contribution in [0.2, 0.25) is 0 Å². The number of thioether (sulfide) groups is 1. The van der Waals surface area contributed by atoms with Gasteiger partial charge in [0, 0.05) is 5.75 Å². The van der Waals surface area contributed by atoms with E-state index in [1.807, 2.05) is 54.6 Å². The Labute approximate surface area is 176 Å². The van der Waals surface area contributed by atoms with E-state index in [1.54, 1.807) is 18.0 Å². The second-order valence-electron chi connectivity index (χ2n) is 6.61. The van der Waals surface area contributed by atoms with Gasteiger partial charge in [0.15, 0.2) is 0 Å². The number of hydrazone groups is 1. The molecule has 0 saturated carbocycles. The van der Waals surface area contributed by atoms with Gasteiger partial charge in [0.05, 0.1) is 12.0 Å². The average molecular weight is 405 g/mol. The van der Waals surface area contributed by atoms with Crippen LogP contribution in [0.5, 0.6) is 5.75 Å². The highest BCUT2D eigenvalue weighted by Crippen LogP contribution is 2.14. The Bertz CT molecular complexity index is 923. The zero-order valence-corrected chi connectivity index (χ0v) is 17.2. The maximum Gasteiger partial charge on any atom is 0.250 e. The lowest BCUT2D eigenvalue weighted by Gasteiger charge is -2.06. The third kappa shape index (κ3) is 7.47. The number of rotatable bonds is 9. The van der Waals surface area contributed by atoms with Gasteiger partial charge in [-0.1, -0.05) is 60.2 Å². The molecule has 0 unspecified atom stereocenters. The summed E-state index contributed by atoms with van der Waals surface area (Å²) < 4.78 is 5.76. The van der Waals surface area contributed by atoms with Crippen LogP contribution in [0, 0.1) is 6.92 Å². The number of hydrogen-bond acceptors (Lipinski definition) is 4. The van der Waals surface area contributed by atoms with Gasteiger partial charge in [-0.2, -0.15) is 5.10 Å². The molecule has 4 nitrogen and oxygen atoms in total. The Balaban J connectivity index is 1.37. The lowest BCUT2D eigenvalue weighted by atomic mass is 10.2. The fraction of sp³-hybridized carbons (Fsp3) is 0.167. The SMILES string of the molecule is Cc1ccc(CSCC(=O)N/N=C/c2ccc(OCc3ccccc3)cc2)cc1. The summed E-state index contributed by atoms with van der Waals surface area (Å²) in [6, 6.07) is 26.0. The minimum atomic E-state index is -0.110. The summed E-state index contributed by atoms with van der Waals surface area (Å²) >= 11 is 1.57. The number of aryl methyl sites for hydroxylation is 1. The van der Waals surface area contributed by atoms with Crippen molar-refractivity contribution < 1.29 is 9.53 Å². The molecule has 5 heteroatoms. The Morgan fingerprint density at radius 2 is 1.69 bits per heavy atom. The van der Waals surface area contributed by atoms with Gasteiger partial charge >= 0.3 is 0 Å². The highest BCUT2D eigenvalue weighted by molar-refractivity contribution is 7.99. The molecule has 3 aromatic rings. The van der Waals surface area contributed by atoms with E-state index < -0.39 is 0 Å². The lowest BCUT2D eigenvalue weighted by Crippen LogP contribution is -2.19. The number of amides is 1. The van der Waals surface area contributed by atoms with E-state index in [-0.39, 0.29) is 5.91 Å². The van der Waals surface area contributed by atoms with E-state index in [4.69, 9.17) is 4.74 Å². The first-order valence-electron chi connectivity index (χ1n) is 9.41. The quantitative estimate of drug-likeness (QED) is 0.405. The number of ether oxygens (including phenoxy) is 1. The van der Waals surface area contributed by atoms with Crippen molar-refractivity contribution in [3.8, 4) is 5.75 Å². The maximum absolute atomic E-state index is 11.9. The zero-order valence-electron chi connectivity index (χ0n) is 16.4. The van der Waals surface area contributed by atoms with Crippen molar-refractivity contribution in [2.45, 2.75) is 19.3 Å². The third-order valence-corrected chi connectivity index (χ3v) is 5.16. The summed E-state index contributed by atoms with van der Waals surface area (Å²) in [6.45, 7) is 2.60. The van der Waals surface area contributed by atoms with Crippen molar-refractivity contribution in [3.05, 3.63) is 101 Å². The number of nitrogens with zero attached hydrogens (tertiary/aromatic N) is 1. The van der Waals surface area contributed by atoms with Crippen molar-refractivity contribution in [2.75, 3.05) is 5.75 Å². The number of benzene rings is 3. The molecule has 0 aliphatic rings. The van der Waals surface area contributed by atoms with E-state index >= 15 is 0 Å². The van der Waals surface area contributed by atoms with Crippen LogP contribution in [0.3, 0.4) is 0 Å². The molecule has 0 fully saturated rings. The molecule has 0 atom stereocenters. The minimum Gasteiger partial charge on any atom is -0.489 e. The molecule has 3 rings (SSSR count). The first kappa shape index (κ1) is 20.7. The molecule has 0 saturated heterocycles. The smallest absolute Gasteiger partial charge is 0.250 e. The van der Waals surface area contributed by atoms with E-state index in [1.165, 1.54) is 11.1 Å². The van der Waals surface area contributed by atoms with Gasteiger partial charge in [-0.15, -0.1) is 11.8 Å². The summed E-state index contributed by atoms with van der Waals surface area (Å²) in [4.78, 5) is 11.9. The molecule has 3 aromatic carbocycles. The Kier molecular flexibility index (Phi) is 7.90. The fourth-order valence-electron chi connectivity index (χ4n) is 2.55. The van der Waals surface area contributed by atoms with Crippen LogP contribution in [-0.4, -0.2) is 17.9 Å². The largest absolute Gasteiger partial charge is 0.489 e. The normalized spacial score (nSPS) is 10.8. The van der Waals surface area contributed by atoms with Gasteiger partial charge in [0.2, 0.25) is 5.91 Å². The second kappa shape index (κ2) is 11.1. The summed E-state index contributed by atoms with van der Waals surface area (Å²) in [7, 11) is 0. The van der Waals surface area contributed by atoms with Crippen LogP contribution < -0.4 is 10.2 Å². The van der Waals surface area contributed by atoms with Crippen LogP contribution >= 0.6 is 11.8 Å². The standard InChI is InChI=1S/C24H24N2O2S/c1-19-7-9-22(10-8-19)17-29-18-24(27)26-25-15-20-11-13-23(14-12-20)28-16-21-5-3-2-4-6-21/h2-15H,16-18H2,1H3,(H,26,27)/b25-15+. The summed E-state index contributed by atoms with van der Waals surface area (Å²) in [5, 5.41) is 4.02. The Morgan fingerprint density at radius 3 is 2.41 bits per heavy atom. The highest BCUT2D eigenvalue weighted by Gasteiger charge is 2.01. The monoisotopic (exact) mass is 404 g/mol. The van der Waals surface area contributed by atoms with Crippen LogP contribution in [0.25, 0.3) is 0 Å². The zero-order chi connectivity index (χ0) is 20.3. The number of carbonyl (C=O) groups excluding carboxylic acids is 1. The molecule has 1 amide bonds. The molecule has 0 heterocycles. The van der Waals surface area contributed by atoms with Crippen LogP contribution in [0.4, 0.5) is 0 Å². The fourth-order valence-corrected chi connectivity index (χ4v) is 3.33. The first-order chi connectivity index (χ1) is 14.2. The van der Waals surface area contributed by atoms with Crippen LogP contribution in [0.1, 0.15) is 22.3 Å². The van der Waals surface area contributed by atoms with Gasteiger partial charge in [0.25, 0.3) is 0 Å². The van der Waals surface area contributed by atoms with Crippen LogP contribution in [0.15, 0.2) is 84.0 Å². The van der Waals surface area contributed by atoms with Crippen molar-refractivity contribution >= 4 is 23.9 Å². The van der Waals surface area contributed by atoms with Crippen molar-refractivity contribution in [2.24, 2.45) is 5.10 Å². The molecule has 0 aliphatic heterocycles. The Morgan fingerprint density at radius 1 is 0.966 bits per heavy atom. The van der Waals surface area contributed by atoms with Crippen molar-refractivity contribution in [1.29, 1.82) is 0 Å². The molecule has 0 aliphatic carbocycles. The second-order valence-corrected chi connectivity index (χ2v) is 7.60. The van der Waals surface area contributed by atoms with E-state index in [0.717, 1.165) is 22.6 Å².